The molecule has 2 atom stereocenters. The van der Waals surface area contributed by atoms with Gasteiger partial charge >= 0.3 is 6.03 Å². The average Bonchev–Trinajstić information content (AvgIpc) is 3.31. The number of nitrogens with zero attached hydrogens (tertiary/aromatic N) is 3. The van der Waals surface area contributed by atoms with Crippen LogP contribution in [0.1, 0.15) is 50.5 Å². The van der Waals surface area contributed by atoms with Crippen molar-refractivity contribution < 1.29 is 19.2 Å². The molecule has 4 rings (SSSR count). The van der Waals surface area contributed by atoms with Gasteiger partial charge in [-0.1, -0.05) is 0 Å². The number of ether oxygens (including phenoxy) is 1. The van der Waals surface area contributed by atoms with Gasteiger partial charge < -0.3 is 19.9 Å². The third-order valence-corrected chi connectivity index (χ3v) is 6.08. The number of amides is 3. The summed E-state index contributed by atoms with van der Waals surface area (Å²) >= 11 is 0. The Balaban J connectivity index is 1.19. The van der Waals surface area contributed by atoms with Gasteiger partial charge in [0.2, 0.25) is 0 Å². The van der Waals surface area contributed by atoms with Crippen molar-refractivity contribution in [3.05, 3.63) is 30.0 Å². The van der Waals surface area contributed by atoms with E-state index in [1.807, 2.05) is 21.9 Å². The number of urea groups is 1. The number of likely N-dealkylation sites (tertiary alicyclic amines) is 2. The molecule has 2 N–H and O–H groups in total. The van der Waals surface area contributed by atoms with Crippen LogP contribution < -0.4 is 10.8 Å². The molecule has 1 aromatic heterocycles. The number of pyridine rings is 1. The van der Waals surface area contributed by atoms with Crippen LogP contribution in [0.2, 0.25) is 0 Å². The van der Waals surface area contributed by atoms with Crippen LogP contribution in [-0.4, -0.2) is 71.8 Å². The van der Waals surface area contributed by atoms with E-state index in [1.54, 1.807) is 12.3 Å². The Hall–Kier alpha value is -2.65. The third-order valence-electron chi connectivity index (χ3n) is 6.08. The molecule has 1 unspecified atom stereocenters. The van der Waals surface area contributed by atoms with Gasteiger partial charge in [-0.3, -0.25) is 4.79 Å². The Morgan fingerprint density at radius 1 is 1.06 bits per heavy atom. The first-order chi connectivity index (χ1) is 15.7. The maximum absolute atomic E-state index is 12.7. The van der Waals surface area contributed by atoms with Crippen LogP contribution in [0.3, 0.4) is 0 Å². The standard InChI is InChI=1S/C23H33N5O4/c29-21(26-32-22-6-2-5-15-31-22)10-8-18-7-9-20(24-16-18)25-19-11-14-28(17-19)23(30)27-12-3-1-4-13-27/h7-10,16,19,22H,1-6,11-15,17H2,(H,24,25)(H,26,29)/t19-,22?/m1/s1. The molecule has 174 valence electrons. The number of carbonyl (C=O) groups excluding carboxylic acids is 2. The summed E-state index contributed by atoms with van der Waals surface area (Å²) in [6, 6.07) is 4.15. The van der Waals surface area contributed by atoms with Crippen molar-refractivity contribution in [1.29, 1.82) is 0 Å². The predicted octanol–water partition coefficient (Wildman–Crippen LogP) is 2.76. The number of hydrogen-bond acceptors (Lipinski definition) is 6. The summed E-state index contributed by atoms with van der Waals surface area (Å²) in [5.74, 6) is 0.424. The van der Waals surface area contributed by atoms with Gasteiger partial charge in [-0.15, -0.1) is 0 Å². The molecule has 4 heterocycles. The Labute approximate surface area is 189 Å². The van der Waals surface area contributed by atoms with Crippen LogP contribution in [0, 0.1) is 0 Å². The van der Waals surface area contributed by atoms with E-state index in [2.05, 4.69) is 15.8 Å². The lowest BCUT2D eigenvalue weighted by Crippen LogP contribution is -2.45. The average molecular weight is 444 g/mol. The molecule has 0 radical (unpaired) electrons. The quantitative estimate of drug-likeness (QED) is 0.519. The largest absolute Gasteiger partial charge is 0.365 e. The first-order valence-corrected chi connectivity index (χ1v) is 11.7. The van der Waals surface area contributed by atoms with Crippen LogP contribution >= 0.6 is 0 Å². The topological polar surface area (TPSA) is 96.0 Å². The third kappa shape index (κ3) is 6.43. The summed E-state index contributed by atoms with van der Waals surface area (Å²) in [5.41, 5.74) is 3.21. The van der Waals surface area contributed by atoms with Crippen LogP contribution in [0.25, 0.3) is 6.08 Å². The zero-order valence-electron chi connectivity index (χ0n) is 18.5. The molecule has 9 heteroatoms. The molecule has 3 amide bonds. The van der Waals surface area contributed by atoms with Crippen molar-refractivity contribution in [2.45, 2.75) is 57.3 Å². The fraction of sp³-hybridized carbons (Fsp3) is 0.609. The highest BCUT2D eigenvalue weighted by atomic mass is 16.8. The van der Waals surface area contributed by atoms with Crippen molar-refractivity contribution in [3.8, 4) is 0 Å². The van der Waals surface area contributed by atoms with E-state index in [9.17, 15) is 9.59 Å². The molecule has 0 bridgehead atoms. The van der Waals surface area contributed by atoms with E-state index >= 15 is 0 Å². The highest BCUT2D eigenvalue weighted by molar-refractivity contribution is 5.90. The molecular weight excluding hydrogens is 410 g/mol. The molecular formula is C23H33N5O4. The van der Waals surface area contributed by atoms with Gasteiger partial charge in [0.15, 0.2) is 6.29 Å². The number of piperidine rings is 1. The SMILES string of the molecule is O=C(C=Cc1ccc(N[C@@H]2CCN(C(=O)N3CCCCC3)C2)nc1)NOC1CCCCO1. The van der Waals surface area contributed by atoms with Crippen LogP contribution in [-0.2, 0) is 14.4 Å². The number of nitrogens with one attached hydrogen (secondary N) is 2. The maximum Gasteiger partial charge on any atom is 0.320 e. The van der Waals surface area contributed by atoms with Crippen LogP contribution in [0.15, 0.2) is 24.4 Å². The predicted molar refractivity (Wildman–Crippen MR) is 121 cm³/mol. The number of anilines is 1. The van der Waals surface area contributed by atoms with Crippen molar-refractivity contribution in [2.75, 3.05) is 38.1 Å². The van der Waals surface area contributed by atoms with Gasteiger partial charge in [-0.2, -0.15) is 0 Å². The minimum absolute atomic E-state index is 0.166. The summed E-state index contributed by atoms with van der Waals surface area (Å²) in [5, 5.41) is 3.42. The molecule has 32 heavy (non-hydrogen) atoms. The van der Waals surface area contributed by atoms with Gasteiger partial charge in [0.1, 0.15) is 5.82 Å². The van der Waals surface area contributed by atoms with Crippen molar-refractivity contribution in [3.63, 3.8) is 0 Å². The monoisotopic (exact) mass is 443 g/mol. The zero-order valence-corrected chi connectivity index (χ0v) is 18.5. The Morgan fingerprint density at radius 3 is 2.69 bits per heavy atom. The van der Waals surface area contributed by atoms with Gasteiger partial charge in [0.05, 0.1) is 0 Å². The van der Waals surface area contributed by atoms with Crippen molar-refractivity contribution in [1.82, 2.24) is 20.3 Å². The molecule has 3 saturated heterocycles. The highest BCUT2D eigenvalue weighted by Crippen LogP contribution is 2.19. The number of carbonyl (C=O) groups is 2. The first kappa shape index (κ1) is 22.5. The van der Waals surface area contributed by atoms with Crippen molar-refractivity contribution >= 4 is 23.8 Å². The number of aromatic nitrogens is 1. The molecule has 3 fully saturated rings. The summed E-state index contributed by atoms with van der Waals surface area (Å²) in [7, 11) is 0. The molecule has 3 aliphatic rings. The van der Waals surface area contributed by atoms with Crippen LogP contribution in [0.4, 0.5) is 10.6 Å². The van der Waals surface area contributed by atoms with E-state index < -0.39 is 0 Å². The lowest BCUT2D eigenvalue weighted by atomic mass is 10.1. The molecule has 0 spiro atoms. The molecule has 3 aliphatic heterocycles. The van der Waals surface area contributed by atoms with Gasteiger partial charge in [0, 0.05) is 57.5 Å². The summed E-state index contributed by atoms with van der Waals surface area (Å²) in [6.07, 6.45) is 11.6. The van der Waals surface area contributed by atoms with E-state index in [-0.39, 0.29) is 24.3 Å². The second kappa shape index (κ2) is 11.3. The number of rotatable bonds is 6. The van der Waals surface area contributed by atoms with Gasteiger partial charge in [-0.25, -0.2) is 20.1 Å². The fourth-order valence-electron chi connectivity index (χ4n) is 4.27. The maximum atomic E-state index is 12.7. The Kier molecular flexibility index (Phi) is 7.95. The first-order valence-electron chi connectivity index (χ1n) is 11.7. The summed E-state index contributed by atoms with van der Waals surface area (Å²) in [6.45, 7) is 3.89. The minimum atomic E-state index is -0.366. The lowest BCUT2D eigenvalue weighted by Gasteiger charge is -2.31. The second-order valence-electron chi connectivity index (χ2n) is 8.60. The van der Waals surface area contributed by atoms with E-state index in [4.69, 9.17) is 9.57 Å². The Bertz CT molecular complexity index is 788. The normalized spacial score (nSPS) is 24.0. The smallest absolute Gasteiger partial charge is 0.320 e. The van der Waals surface area contributed by atoms with Crippen molar-refractivity contribution in [2.24, 2.45) is 0 Å². The van der Waals surface area contributed by atoms with Gasteiger partial charge in [0.25, 0.3) is 5.91 Å². The van der Waals surface area contributed by atoms with E-state index in [0.717, 1.165) is 69.5 Å². The zero-order chi connectivity index (χ0) is 22.2. The van der Waals surface area contributed by atoms with Crippen LogP contribution in [0.5, 0.6) is 0 Å². The second-order valence-corrected chi connectivity index (χ2v) is 8.60. The molecule has 1 aromatic rings. The minimum Gasteiger partial charge on any atom is -0.365 e. The van der Waals surface area contributed by atoms with Gasteiger partial charge in [-0.05, 0) is 62.3 Å². The lowest BCUT2D eigenvalue weighted by molar-refractivity contribution is -0.198. The molecule has 0 aliphatic carbocycles. The Morgan fingerprint density at radius 2 is 1.94 bits per heavy atom. The molecule has 0 saturated carbocycles. The number of hydrogen-bond donors (Lipinski definition) is 2. The summed E-state index contributed by atoms with van der Waals surface area (Å²) in [4.78, 5) is 38.2. The fourth-order valence-corrected chi connectivity index (χ4v) is 4.27. The molecule has 9 nitrogen and oxygen atoms in total. The van der Waals surface area contributed by atoms with E-state index in [0.29, 0.717) is 13.2 Å². The number of hydroxylamine groups is 1. The molecule has 0 aromatic carbocycles. The highest BCUT2D eigenvalue weighted by Gasteiger charge is 2.30. The summed E-state index contributed by atoms with van der Waals surface area (Å²) < 4.78 is 5.41. The van der Waals surface area contributed by atoms with E-state index in [1.165, 1.54) is 12.5 Å².